The molecule has 244 valence electrons. The molecule has 5 nitrogen and oxygen atoms in total. The van der Waals surface area contributed by atoms with E-state index in [0.29, 0.717) is 43.0 Å². The van der Waals surface area contributed by atoms with Crippen molar-refractivity contribution in [2.75, 3.05) is 13.2 Å². The molecule has 0 saturated heterocycles. The lowest BCUT2D eigenvalue weighted by molar-refractivity contribution is -0.184. The molecule has 0 spiro atoms. The summed E-state index contributed by atoms with van der Waals surface area (Å²) < 4.78 is 12.8. The Morgan fingerprint density at radius 3 is 2.40 bits per heavy atom. The largest absolute Gasteiger partial charge is 0.458 e. The van der Waals surface area contributed by atoms with Gasteiger partial charge in [-0.3, -0.25) is 0 Å². The predicted octanol–water partition coefficient (Wildman–Crippen LogP) is 8.15. The van der Waals surface area contributed by atoms with Crippen LogP contribution in [0, 0.1) is 39.9 Å². The topological polar surface area (TPSA) is 76.0 Å². The van der Waals surface area contributed by atoms with Crippen LogP contribution in [0.5, 0.6) is 0 Å². The van der Waals surface area contributed by atoms with Gasteiger partial charge in [-0.1, -0.05) is 87.4 Å². The second kappa shape index (κ2) is 13.0. The molecule has 4 aliphatic carbocycles. The lowest BCUT2D eigenvalue weighted by Gasteiger charge is -2.62. The molecule has 5 heteroatoms. The Morgan fingerprint density at radius 2 is 1.69 bits per heavy atom. The number of fused-ring (bicyclic) bond motifs is 4. The van der Waals surface area contributed by atoms with E-state index >= 15 is 0 Å². The zero-order valence-electron chi connectivity index (χ0n) is 27.8. The fourth-order valence-electron chi connectivity index (χ4n) is 10.8. The van der Waals surface area contributed by atoms with Crippen LogP contribution in [0.2, 0.25) is 0 Å². The molecule has 0 heterocycles. The van der Waals surface area contributed by atoms with E-state index in [0.717, 1.165) is 44.1 Å². The van der Waals surface area contributed by atoms with E-state index < -0.39 is 17.6 Å². The number of rotatable bonds is 10. The van der Waals surface area contributed by atoms with Crippen LogP contribution in [0.1, 0.15) is 101 Å². The molecule has 6 rings (SSSR count). The summed E-state index contributed by atoms with van der Waals surface area (Å²) in [5, 5.41) is 21.6. The quantitative estimate of drug-likeness (QED) is 0.209. The normalized spacial score (nSPS) is 36.5. The van der Waals surface area contributed by atoms with Crippen LogP contribution >= 0.6 is 0 Å². The molecule has 2 aromatic carbocycles. The van der Waals surface area contributed by atoms with Crippen molar-refractivity contribution in [2.24, 2.45) is 39.9 Å². The van der Waals surface area contributed by atoms with Gasteiger partial charge in [0.25, 0.3) is 0 Å². The minimum Gasteiger partial charge on any atom is -0.458 e. The molecule has 0 aromatic heterocycles. The Hall–Kier alpha value is -2.47. The second-order valence-electron chi connectivity index (χ2n) is 15.5. The van der Waals surface area contributed by atoms with Gasteiger partial charge < -0.3 is 19.7 Å². The third-order valence-corrected chi connectivity index (χ3v) is 13.2. The van der Waals surface area contributed by atoms with Crippen LogP contribution < -0.4 is 0 Å². The monoisotopic (exact) mass is 614 g/mol. The first kappa shape index (κ1) is 32.5. The summed E-state index contributed by atoms with van der Waals surface area (Å²) in [5.74, 6) is 1.67. The number of allylic oxidation sites excluding steroid dienone is 1. The number of benzene rings is 2. The van der Waals surface area contributed by atoms with E-state index in [1.807, 2.05) is 36.4 Å². The van der Waals surface area contributed by atoms with Crippen molar-refractivity contribution < 1.29 is 24.5 Å². The fourth-order valence-corrected chi connectivity index (χ4v) is 10.8. The lowest BCUT2D eigenvalue weighted by atomic mass is 9.44. The number of hydrogen-bond donors (Lipinski definition) is 2. The molecule has 0 unspecified atom stereocenters. The molecule has 2 fully saturated rings. The summed E-state index contributed by atoms with van der Waals surface area (Å²) in [6, 6.07) is 19.5. The van der Waals surface area contributed by atoms with Crippen molar-refractivity contribution in [1.29, 1.82) is 0 Å². The third-order valence-electron chi connectivity index (χ3n) is 13.2. The van der Waals surface area contributed by atoms with Crippen molar-refractivity contribution in [3.05, 3.63) is 82.9 Å². The third kappa shape index (κ3) is 5.72. The Bertz CT molecular complexity index is 1360. The molecule has 2 saturated carbocycles. The van der Waals surface area contributed by atoms with Gasteiger partial charge in [-0.05, 0) is 98.1 Å². The Balaban J connectivity index is 1.31. The zero-order valence-corrected chi connectivity index (χ0v) is 27.8. The SMILES string of the molecule is C[C@H](CCCO)[C@H]1CC[C@H]2C3=C(CC[C@]12C)[C@@]1(C)[C@H](O)C[C@H](OC(=O)c2ccccc2)[C@@](C)(COCc2ccccc2)[C@@H]1CC3. The molecule has 0 aliphatic heterocycles. The van der Waals surface area contributed by atoms with Crippen molar-refractivity contribution in [3.8, 4) is 0 Å². The number of ether oxygens (including phenoxy) is 2. The number of aliphatic hydroxyl groups is 2. The van der Waals surface area contributed by atoms with Gasteiger partial charge in [0.05, 0.1) is 24.9 Å². The molecule has 2 aromatic rings. The first-order chi connectivity index (χ1) is 21.6. The molecule has 4 aliphatic rings. The van der Waals surface area contributed by atoms with Crippen molar-refractivity contribution in [1.82, 2.24) is 0 Å². The summed E-state index contributed by atoms with van der Waals surface area (Å²) in [5.41, 5.74) is 4.25. The highest BCUT2D eigenvalue weighted by Crippen LogP contribution is 2.68. The van der Waals surface area contributed by atoms with Crippen LogP contribution in [0.25, 0.3) is 0 Å². The number of carbonyl (C=O) groups excluding carboxylic acids is 1. The fraction of sp³-hybridized carbons (Fsp3) is 0.625. The number of aliphatic hydroxyl groups excluding tert-OH is 2. The summed E-state index contributed by atoms with van der Waals surface area (Å²) in [7, 11) is 0. The smallest absolute Gasteiger partial charge is 0.338 e. The highest BCUT2D eigenvalue weighted by Gasteiger charge is 2.64. The summed E-state index contributed by atoms with van der Waals surface area (Å²) in [6.45, 7) is 10.8. The molecular formula is C40H54O5. The average Bonchev–Trinajstić information content (AvgIpc) is 3.41. The number of carbonyl (C=O) groups is 1. The van der Waals surface area contributed by atoms with Crippen molar-refractivity contribution >= 4 is 5.97 Å². The lowest BCUT2D eigenvalue weighted by Crippen LogP contribution is -2.62. The molecule has 45 heavy (non-hydrogen) atoms. The van der Waals surface area contributed by atoms with Crippen molar-refractivity contribution in [2.45, 2.75) is 104 Å². The highest BCUT2D eigenvalue weighted by molar-refractivity contribution is 5.89. The van der Waals surface area contributed by atoms with E-state index in [9.17, 15) is 15.0 Å². The number of hydrogen-bond acceptors (Lipinski definition) is 5. The Kier molecular flexibility index (Phi) is 9.36. The van der Waals surface area contributed by atoms with Crippen LogP contribution in [0.3, 0.4) is 0 Å². The van der Waals surface area contributed by atoms with Gasteiger partial charge in [-0.2, -0.15) is 0 Å². The van der Waals surface area contributed by atoms with E-state index in [-0.39, 0.29) is 29.3 Å². The minimum absolute atomic E-state index is 0.127. The van der Waals surface area contributed by atoms with Crippen LogP contribution in [0.4, 0.5) is 0 Å². The number of esters is 1. The minimum atomic E-state index is -0.589. The standard InChI is InChI=1S/C40H54O5/c1-27(12-11-23-41)31-18-19-32-30-17-20-34-39(3,26-44-25-28-13-7-5-8-14-28)36(45-37(43)29-15-9-6-10-16-29)24-35(42)40(34,4)33(30)21-22-38(31,32)2/h5-10,13-16,27,31-32,34-36,41-42H,11-12,17-26H2,1-4H3/t27-,31-,32+,34+,35-,36+,38-,39+,40-/m1/s1. The van der Waals surface area contributed by atoms with Gasteiger partial charge in [0.2, 0.25) is 0 Å². The van der Waals surface area contributed by atoms with Gasteiger partial charge in [-0.25, -0.2) is 4.79 Å². The maximum absolute atomic E-state index is 13.4. The van der Waals surface area contributed by atoms with Gasteiger partial charge in [0, 0.05) is 23.9 Å². The maximum atomic E-state index is 13.4. The summed E-state index contributed by atoms with van der Waals surface area (Å²) >= 11 is 0. The van der Waals surface area contributed by atoms with Crippen LogP contribution in [-0.4, -0.2) is 41.6 Å². The molecule has 2 N–H and O–H groups in total. The predicted molar refractivity (Wildman–Crippen MR) is 177 cm³/mol. The van der Waals surface area contributed by atoms with Gasteiger partial charge in [-0.15, -0.1) is 0 Å². The van der Waals surface area contributed by atoms with Gasteiger partial charge in [0.1, 0.15) is 6.10 Å². The molecular weight excluding hydrogens is 560 g/mol. The molecule has 9 atom stereocenters. The zero-order chi connectivity index (χ0) is 31.8. The Labute approximate surface area is 270 Å². The molecule has 0 bridgehead atoms. The van der Waals surface area contributed by atoms with Crippen molar-refractivity contribution in [3.63, 3.8) is 0 Å². The highest BCUT2D eigenvalue weighted by atomic mass is 16.5. The van der Waals surface area contributed by atoms with Gasteiger partial charge >= 0.3 is 5.97 Å². The molecule has 0 radical (unpaired) electrons. The average molecular weight is 615 g/mol. The van der Waals surface area contributed by atoms with E-state index in [4.69, 9.17) is 9.47 Å². The van der Waals surface area contributed by atoms with E-state index in [2.05, 4.69) is 39.8 Å². The summed E-state index contributed by atoms with van der Waals surface area (Å²) in [6.07, 6.45) is 8.06. The molecule has 0 amide bonds. The van der Waals surface area contributed by atoms with Crippen LogP contribution in [-0.2, 0) is 16.1 Å². The maximum Gasteiger partial charge on any atom is 0.338 e. The van der Waals surface area contributed by atoms with E-state index in [1.54, 1.807) is 17.7 Å². The summed E-state index contributed by atoms with van der Waals surface area (Å²) in [4.78, 5) is 13.4. The second-order valence-corrected chi connectivity index (χ2v) is 15.5. The first-order valence-corrected chi connectivity index (χ1v) is 17.5. The van der Waals surface area contributed by atoms with Crippen LogP contribution in [0.15, 0.2) is 71.8 Å². The Morgan fingerprint density at radius 1 is 0.978 bits per heavy atom. The first-order valence-electron chi connectivity index (χ1n) is 17.5. The van der Waals surface area contributed by atoms with Gasteiger partial charge in [0.15, 0.2) is 0 Å². The van der Waals surface area contributed by atoms with E-state index in [1.165, 1.54) is 18.4 Å².